The lowest BCUT2D eigenvalue weighted by molar-refractivity contribution is 0.0535. The maximum atomic E-state index is 12.8. The molecule has 1 amide bonds. The van der Waals surface area contributed by atoms with Gasteiger partial charge in [0.05, 0.1) is 36.7 Å². The number of β-amino-alcohol motifs (C(OH)–C–C–N with tert-alkyl or cyclic N) is 1. The number of nitrogens with zero attached hydrogens (tertiary/aromatic N) is 6. The van der Waals surface area contributed by atoms with Crippen molar-refractivity contribution in [1.29, 1.82) is 0 Å². The molecule has 4 heterocycles. The molecule has 2 aromatic carbocycles. The molecule has 11 nitrogen and oxygen atoms in total. The lowest BCUT2D eigenvalue weighted by Gasteiger charge is -2.30. The highest BCUT2D eigenvalue weighted by atomic mass is 16.6. The average Bonchev–Trinajstić information content (AvgIpc) is 3.55. The fourth-order valence-electron chi connectivity index (χ4n) is 5.50. The number of hydrogen-bond acceptors (Lipinski definition) is 8. The first-order chi connectivity index (χ1) is 20.1. The van der Waals surface area contributed by atoms with Gasteiger partial charge in [-0.3, -0.25) is 10.00 Å². The fraction of sp³-hybridized carbons (Fsp3) is 0.333. The van der Waals surface area contributed by atoms with Crippen LogP contribution >= 0.6 is 0 Å². The molecule has 6 rings (SSSR count). The Kier molecular flexibility index (Phi) is 7.79. The van der Waals surface area contributed by atoms with E-state index < -0.39 is 6.09 Å². The number of carbonyl (C=O) groups is 1. The van der Waals surface area contributed by atoms with E-state index in [1.807, 2.05) is 42.1 Å². The van der Waals surface area contributed by atoms with Crippen molar-refractivity contribution < 1.29 is 14.6 Å². The van der Waals surface area contributed by atoms with E-state index in [1.165, 1.54) is 11.9 Å². The van der Waals surface area contributed by atoms with Gasteiger partial charge >= 0.3 is 6.09 Å². The Morgan fingerprint density at radius 1 is 1.12 bits per heavy atom. The van der Waals surface area contributed by atoms with E-state index >= 15 is 0 Å². The summed E-state index contributed by atoms with van der Waals surface area (Å²) in [5.41, 5.74) is 5.48. The van der Waals surface area contributed by atoms with Crippen LogP contribution in [0.15, 0.2) is 67.3 Å². The molecule has 0 unspecified atom stereocenters. The fourth-order valence-corrected chi connectivity index (χ4v) is 5.50. The molecule has 0 bridgehead atoms. The van der Waals surface area contributed by atoms with Crippen LogP contribution in [0.1, 0.15) is 30.9 Å². The number of piperidine rings is 1. The molecule has 1 saturated heterocycles. The maximum absolute atomic E-state index is 12.8. The highest BCUT2D eigenvalue weighted by Gasteiger charge is 2.23. The smallest absolute Gasteiger partial charge is 0.411 e. The van der Waals surface area contributed by atoms with Gasteiger partial charge in [0.2, 0.25) is 0 Å². The second-order valence-corrected chi connectivity index (χ2v) is 10.3. The Morgan fingerprint density at radius 3 is 2.73 bits per heavy atom. The number of aliphatic hydroxyl groups excluding tert-OH is 1. The number of aliphatic hydroxyl groups is 1. The lowest BCUT2D eigenvalue weighted by atomic mass is 10.1. The van der Waals surface area contributed by atoms with Crippen molar-refractivity contribution in [2.24, 2.45) is 0 Å². The van der Waals surface area contributed by atoms with Gasteiger partial charge < -0.3 is 20.1 Å². The Balaban J connectivity index is 1.18. The van der Waals surface area contributed by atoms with Crippen LogP contribution in [0.3, 0.4) is 0 Å². The van der Waals surface area contributed by atoms with Gasteiger partial charge in [-0.2, -0.15) is 10.2 Å². The topological polar surface area (TPSA) is 122 Å². The third-order valence-corrected chi connectivity index (χ3v) is 7.57. The molecule has 0 aliphatic carbocycles. The number of carbonyl (C=O) groups excluding carboxylic acids is 1. The number of benzene rings is 2. The monoisotopic (exact) mass is 554 g/mol. The minimum Gasteiger partial charge on any atom is -0.446 e. The van der Waals surface area contributed by atoms with Gasteiger partial charge in [0.15, 0.2) is 5.82 Å². The van der Waals surface area contributed by atoms with Crippen molar-refractivity contribution in [3.63, 3.8) is 0 Å². The second kappa shape index (κ2) is 11.9. The number of hydrogen-bond donors (Lipinski definition) is 3. The zero-order chi connectivity index (χ0) is 28.2. The summed E-state index contributed by atoms with van der Waals surface area (Å²) in [6, 6.07) is 16.4. The van der Waals surface area contributed by atoms with Crippen LogP contribution < -0.4 is 10.6 Å². The molecule has 212 valence electrons. The number of anilines is 3. The molecule has 3 N–H and O–H groups in total. The van der Waals surface area contributed by atoms with Crippen molar-refractivity contribution >= 4 is 39.7 Å². The standard InChI is InChI=1S/C30H34N8O3/c1-2-25-26(35-30(40)41-24-10-12-36(13-11-24)14-15-39)19-38-28(25)29(31-20-33-38)34-23-8-9-27-22(16-23)17-32-37(27)18-21-6-4-3-5-7-21/h3-9,16-17,19-20,24,39H,2,10-15,18H2,1H3,(H,35,40)(H,31,33,34). The van der Waals surface area contributed by atoms with Gasteiger partial charge in [-0.25, -0.2) is 14.3 Å². The quantitative estimate of drug-likeness (QED) is 0.245. The average molecular weight is 555 g/mol. The Labute approximate surface area is 237 Å². The summed E-state index contributed by atoms with van der Waals surface area (Å²) in [6.07, 6.45) is 6.71. The number of rotatable bonds is 9. The summed E-state index contributed by atoms with van der Waals surface area (Å²) < 4.78 is 9.44. The van der Waals surface area contributed by atoms with Crippen molar-refractivity contribution in [2.45, 2.75) is 38.8 Å². The maximum Gasteiger partial charge on any atom is 0.411 e. The minimum absolute atomic E-state index is 0.141. The van der Waals surface area contributed by atoms with Crippen LogP contribution in [0, 0.1) is 0 Å². The number of likely N-dealkylation sites (tertiary alicyclic amines) is 1. The summed E-state index contributed by atoms with van der Waals surface area (Å²) in [5, 5.41) is 25.5. The van der Waals surface area contributed by atoms with Crippen LogP contribution in [0.4, 0.5) is 22.0 Å². The zero-order valence-electron chi connectivity index (χ0n) is 23.0. The molecule has 11 heteroatoms. The molecular weight excluding hydrogens is 520 g/mol. The van der Waals surface area contributed by atoms with Gasteiger partial charge in [-0.1, -0.05) is 37.3 Å². The van der Waals surface area contributed by atoms with E-state index in [2.05, 4.69) is 55.0 Å². The van der Waals surface area contributed by atoms with Crippen molar-refractivity contribution in [3.05, 3.63) is 78.4 Å². The molecule has 1 aliphatic heterocycles. The summed E-state index contributed by atoms with van der Waals surface area (Å²) >= 11 is 0. The number of ether oxygens (including phenoxy) is 1. The predicted octanol–water partition coefficient (Wildman–Crippen LogP) is 4.44. The second-order valence-electron chi connectivity index (χ2n) is 10.3. The molecule has 1 aliphatic rings. The molecule has 1 fully saturated rings. The molecule has 5 aromatic rings. The SMILES string of the molecule is CCc1c(NC(=O)OC2CCN(CCO)CC2)cn2ncnc(Nc3ccc4c(cnn4Cc4ccccc4)c3)c12. The van der Waals surface area contributed by atoms with E-state index in [-0.39, 0.29) is 12.7 Å². The molecule has 0 spiro atoms. The number of aromatic nitrogens is 5. The van der Waals surface area contributed by atoms with Gasteiger partial charge in [0, 0.05) is 36.3 Å². The van der Waals surface area contributed by atoms with Crippen molar-refractivity contribution in [1.82, 2.24) is 29.3 Å². The van der Waals surface area contributed by atoms with E-state index in [0.29, 0.717) is 31.0 Å². The zero-order valence-corrected chi connectivity index (χ0v) is 23.0. The third-order valence-electron chi connectivity index (χ3n) is 7.57. The molecule has 0 saturated carbocycles. The Bertz CT molecular complexity index is 1640. The van der Waals surface area contributed by atoms with Crippen molar-refractivity contribution in [2.75, 3.05) is 36.9 Å². The third kappa shape index (κ3) is 5.86. The van der Waals surface area contributed by atoms with Gasteiger partial charge in [0.25, 0.3) is 0 Å². The van der Waals surface area contributed by atoms with Crippen LogP contribution in [-0.2, 0) is 17.7 Å². The van der Waals surface area contributed by atoms with E-state index in [0.717, 1.165) is 53.6 Å². The van der Waals surface area contributed by atoms with E-state index in [4.69, 9.17) is 9.84 Å². The van der Waals surface area contributed by atoms with Gasteiger partial charge in [-0.05, 0) is 43.0 Å². The largest absolute Gasteiger partial charge is 0.446 e. The predicted molar refractivity (Wildman–Crippen MR) is 158 cm³/mol. The normalized spacial score (nSPS) is 14.5. The molecular formula is C30H34N8O3. The first-order valence-electron chi connectivity index (χ1n) is 14.0. The van der Waals surface area contributed by atoms with Crippen LogP contribution in [-0.4, -0.2) is 72.8 Å². The highest BCUT2D eigenvalue weighted by Crippen LogP contribution is 2.31. The first-order valence-corrected chi connectivity index (χ1v) is 14.0. The van der Waals surface area contributed by atoms with Crippen LogP contribution in [0.25, 0.3) is 16.4 Å². The molecule has 41 heavy (non-hydrogen) atoms. The Hall–Kier alpha value is -4.48. The molecule has 3 aromatic heterocycles. The number of amides is 1. The summed E-state index contributed by atoms with van der Waals surface area (Å²) in [4.78, 5) is 19.5. The van der Waals surface area contributed by atoms with Crippen LogP contribution in [0.5, 0.6) is 0 Å². The summed E-state index contributed by atoms with van der Waals surface area (Å²) in [6.45, 7) is 5.14. The summed E-state index contributed by atoms with van der Waals surface area (Å²) in [5.74, 6) is 0.644. The van der Waals surface area contributed by atoms with Gasteiger partial charge in [0.1, 0.15) is 17.9 Å². The summed E-state index contributed by atoms with van der Waals surface area (Å²) in [7, 11) is 0. The number of fused-ring (bicyclic) bond motifs is 2. The molecule has 0 radical (unpaired) electrons. The lowest BCUT2D eigenvalue weighted by Crippen LogP contribution is -2.39. The van der Waals surface area contributed by atoms with E-state index in [1.54, 1.807) is 10.7 Å². The Morgan fingerprint density at radius 2 is 1.95 bits per heavy atom. The van der Waals surface area contributed by atoms with Crippen molar-refractivity contribution in [3.8, 4) is 0 Å². The minimum atomic E-state index is -0.475. The number of nitrogens with one attached hydrogen (secondary N) is 2. The van der Waals surface area contributed by atoms with Gasteiger partial charge in [-0.15, -0.1) is 0 Å². The van der Waals surface area contributed by atoms with E-state index in [9.17, 15) is 4.79 Å². The highest BCUT2D eigenvalue weighted by molar-refractivity contribution is 5.91. The van der Waals surface area contributed by atoms with Crippen LogP contribution in [0.2, 0.25) is 0 Å². The molecule has 0 atom stereocenters. The number of aryl methyl sites for hydroxylation is 1. The first kappa shape index (κ1) is 26.7.